The van der Waals surface area contributed by atoms with Crippen LogP contribution in [0.2, 0.25) is 5.02 Å². The number of aryl methyl sites for hydroxylation is 2. The van der Waals surface area contributed by atoms with Crippen LogP contribution in [0.4, 0.5) is 5.13 Å². The highest BCUT2D eigenvalue weighted by atomic mass is 35.5. The van der Waals surface area contributed by atoms with Crippen molar-refractivity contribution in [2.45, 2.75) is 39.0 Å². The molecule has 1 fully saturated rings. The van der Waals surface area contributed by atoms with Crippen LogP contribution in [0.25, 0.3) is 0 Å². The summed E-state index contributed by atoms with van der Waals surface area (Å²) in [6, 6.07) is 9.88. The Morgan fingerprint density at radius 2 is 1.56 bits per heavy atom. The first-order chi connectivity index (χ1) is 15.2. The Labute approximate surface area is 199 Å². The molecule has 0 N–H and O–H groups in total. The third kappa shape index (κ3) is 4.57. The summed E-state index contributed by atoms with van der Waals surface area (Å²) in [7, 11) is -3.53. The Hall–Kier alpha value is -1.93. The number of hydrogen-bond donors (Lipinski definition) is 0. The number of nitrogens with zero attached hydrogens (tertiary/aromatic N) is 3. The molecule has 0 radical (unpaired) electrons. The summed E-state index contributed by atoms with van der Waals surface area (Å²) in [5, 5.41) is 3.76. The summed E-state index contributed by atoms with van der Waals surface area (Å²) in [6.07, 6.45) is 0.757. The Balaban J connectivity index is 1.46. The third-order valence-corrected chi connectivity index (χ3v) is 9.62. The van der Waals surface area contributed by atoms with E-state index in [0.29, 0.717) is 31.1 Å². The van der Waals surface area contributed by atoms with Gasteiger partial charge >= 0.3 is 0 Å². The molecule has 0 amide bonds. The first-order valence-corrected chi connectivity index (χ1v) is 13.4. The first-order valence-electron chi connectivity index (χ1n) is 10.7. The summed E-state index contributed by atoms with van der Waals surface area (Å²) in [6.45, 7) is 9.95. The average molecular weight is 490 g/mol. The fourth-order valence-electron chi connectivity index (χ4n) is 4.15. The topological polar surface area (TPSA) is 53.5 Å². The van der Waals surface area contributed by atoms with Crippen LogP contribution in [0.5, 0.6) is 0 Å². The fourth-order valence-corrected chi connectivity index (χ4v) is 7.15. The highest BCUT2D eigenvalue weighted by Gasteiger charge is 2.32. The number of anilines is 1. The van der Waals surface area contributed by atoms with Crippen molar-refractivity contribution in [1.82, 2.24) is 9.29 Å². The zero-order valence-electron chi connectivity index (χ0n) is 18.9. The van der Waals surface area contributed by atoms with Gasteiger partial charge in [-0.25, -0.2) is 13.4 Å². The molecule has 0 saturated carbocycles. The Morgan fingerprint density at radius 3 is 2.16 bits per heavy atom. The van der Waals surface area contributed by atoms with E-state index < -0.39 is 10.0 Å². The molecule has 0 unspecified atom stereocenters. The van der Waals surface area contributed by atoms with Gasteiger partial charge in [-0.2, -0.15) is 4.31 Å². The van der Waals surface area contributed by atoms with Crippen molar-refractivity contribution >= 4 is 38.1 Å². The zero-order valence-corrected chi connectivity index (χ0v) is 21.2. The van der Waals surface area contributed by atoms with Gasteiger partial charge in [-0.1, -0.05) is 29.8 Å². The minimum Gasteiger partial charge on any atom is -0.345 e. The number of hydrogen-bond acceptors (Lipinski definition) is 5. The molecule has 3 aromatic rings. The third-order valence-electron chi connectivity index (χ3n) is 6.24. The zero-order chi connectivity index (χ0) is 23.0. The number of halogens is 1. The molecule has 2 heterocycles. The maximum atomic E-state index is 13.5. The smallest absolute Gasteiger partial charge is 0.243 e. The van der Waals surface area contributed by atoms with Crippen molar-refractivity contribution in [3.05, 3.63) is 74.2 Å². The van der Waals surface area contributed by atoms with Crippen molar-refractivity contribution in [2.75, 3.05) is 31.1 Å². The Kier molecular flexibility index (Phi) is 6.63. The van der Waals surface area contributed by atoms with Gasteiger partial charge in [0.05, 0.1) is 10.6 Å². The van der Waals surface area contributed by atoms with Crippen LogP contribution in [0, 0.1) is 27.7 Å². The molecule has 170 valence electrons. The molecule has 1 aliphatic heterocycles. The predicted octanol–water partition coefficient (Wildman–Crippen LogP) is 5.13. The van der Waals surface area contributed by atoms with Gasteiger partial charge in [0.2, 0.25) is 10.0 Å². The van der Waals surface area contributed by atoms with E-state index in [0.717, 1.165) is 44.5 Å². The summed E-state index contributed by atoms with van der Waals surface area (Å²) >= 11 is 7.58. The monoisotopic (exact) mass is 489 g/mol. The van der Waals surface area contributed by atoms with Crippen molar-refractivity contribution in [3.8, 4) is 0 Å². The number of rotatable bonds is 5. The minimum atomic E-state index is -3.53. The molecule has 1 saturated heterocycles. The van der Waals surface area contributed by atoms with Gasteiger partial charge in [-0.05, 0) is 67.6 Å². The molecule has 1 aromatic heterocycles. The summed E-state index contributed by atoms with van der Waals surface area (Å²) in [5.74, 6) is 0. The van der Waals surface area contributed by atoms with Crippen LogP contribution in [0.1, 0.15) is 33.5 Å². The van der Waals surface area contributed by atoms with Crippen molar-refractivity contribution < 1.29 is 8.42 Å². The van der Waals surface area contributed by atoms with Gasteiger partial charge in [0, 0.05) is 43.0 Å². The number of piperazine rings is 1. The maximum absolute atomic E-state index is 13.5. The largest absolute Gasteiger partial charge is 0.345 e. The van der Waals surface area contributed by atoms with E-state index in [4.69, 9.17) is 16.6 Å². The first kappa shape index (κ1) is 23.2. The summed E-state index contributed by atoms with van der Waals surface area (Å²) in [5.41, 5.74) is 5.91. The molecule has 0 aliphatic carbocycles. The second-order valence-electron chi connectivity index (χ2n) is 8.41. The van der Waals surface area contributed by atoms with Gasteiger partial charge in [-0.15, -0.1) is 11.3 Å². The lowest BCUT2D eigenvalue weighted by molar-refractivity contribution is 0.384. The lowest BCUT2D eigenvalue weighted by Gasteiger charge is -2.34. The molecular formula is C24H28ClN3O2S2. The van der Waals surface area contributed by atoms with Gasteiger partial charge in [-0.3, -0.25) is 0 Å². The fraction of sp³-hybridized carbons (Fsp3) is 0.375. The second kappa shape index (κ2) is 9.14. The molecule has 32 heavy (non-hydrogen) atoms. The van der Waals surface area contributed by atoms with Gasteiger partial charge in [0.1, 0.15) is 0 Å². The molecule has 2 aromatic carbocycles. The van der Waals surface area contributed by atoms with E-state index in [1.165, 1.54) is 5.56 Å². The number of sulfonamides is 1. The van der Waals surface area contributed by atoms with Crippen molar-refractivity contribution in [3.63, 3.8) is 0 Å². The van der Waals surface area contributed by atoms with E-state index in [-0.39, 0.29) is 0 Å². The molecule has 5 nitrogen and oxygen atoms in total. The van der Waals surface area contributed by atoms with Gasteiger partial charge in [0.25, 0.3) is 0 Å². The second-order valence-corrected chi connectivity index (χ2v) is 11.6. The number of thiazole rings is 1. The van der Waals surface area contributed by atoms with Gasteiger partial charge in [0.15, 0.2) is 5.13 Å². The maximum Gasteiger partial charge on any atom is 0.243 e. The molecule has 0 atom stereocenters. The van der Waals surface area contributed by atoms with Crippen molar-refractivity contribution in [2.24, 2.45) is 0 Å². The van der Waals surface area contributed by atoms with Crippen LogP contribution < -0.4 is 4.90 Å². The van der Waals surface area contributed by atoms with Crippen molar-refractivity contribution in [1.29, 1.82) is 0 Å². The molecule has 8 heteroatoms. The molecule has 4 rings (SSSR count). The van der Waals surface area contributed by atoms with Crippen LogP contribution >= 0.6 is 22.9 Å². The van der Waals surface area contributed by atoms with E-state index in [9.17, 15) is 8.42 Å². The average Bonchev–Trinajstić information content (AvgIpc) is 3.22. The molecule has 1 aliphatic rings. The van der Waals surface area contributed by atoms with E-state index in [1.54, 1.807) is 15.6 Å². The lowest BCUT2D eigenvalue weighted by Crippen LogP contribution is -2.49. The number of aromatic nitrogens is 1. The lowest BCUT2D eigenvalue weighted by atomic mass is 10.0. The minimum absolute atomic E-state index is 0.459. The van der Waals surface area contributed by atoms with Crippen LogP contribution in [0.3, 0.4) is 0 Å². The molecule has 0 spiro atoms. The molecule has 0 bridgehead atoms. The van der Waals surface area contributed by atoms with Crippen LogP contribution in [-0.2, 0) is 16.4 Å². The van der Waals surface area contributed by atoms with Crippen LogP contribution in [0.15, 0.2) is 40.6 Å². The number of benzene rings is 2. The highest BCUT2D eigenvalue weighted by Crippen LogP contribution is 2.30. The quantitative estimate of drug-likeness (QED) is 0.498. The summed E-state index contributed by atoms with van der Waals surface area (Å²) in [4.78, 5) is 7.45. The van der Waals surface area contributed by atoms with Gasteiger partial charge < -0.3 is 4.90 Å². The molecular weight excluding hydrogens is 462 g/mol. The Morgan fingerprint density at radius 1 is 0.969 bits per heavy atom. The standard InChI is InChI=1S/C24H28ClN3O2S2/c1-16-13-17(2)19(4)23(18(16)3)32(29,30)28-11-9-27(10-12-28)24-26-22(15-31-24)14-20-5-7-21(25)8-6-20/h5-8,13,15H,9-12,14H2,1-4H3. The summed E-state index contributed by atoms with van der Waals surface area (Å²) < 4.78 is 28.6. The van der Waals surface area contributed by atoms with E-state index in [1.807, 2.05) is 52.0 Å². The van der Waals surface area contributed by atoms with E-state index >= 15 is 0 Å². The SMILES string of the molecule is Cc1cc(C)c(C)c(S(=O)(=O)N2CCN(c3nc(Cc4ccc(Cl)cc4)cs3)CC2)c1C. The normalized spacial score (nSPS) is 15.3. The Bertz CT molecular complexity index is 1200. The van der Waals surface area contributed by atoms with Crippen LogP contribution in [-0.4, -0.2) is 43.9 Å². The highest BCUT2D eigenvalue weighted by molar-refractivity contribution is 7.89. The van der Waals surface area contributed by atoms with E-state index in [2.05, 4.69) is 16.3 Å². The predicted molar refractivity (Wildman–Crippen MR) is 133 cm³/mol.